The van der Waals surface area contributed by atoms with Crippen LogP contribution in [0.15, 0.2) is 29.3 Å². The van der Waals surface area contributed by atoms with Crippen LogP contribution in [0.5, 0.6) is 0 Å². The number of amides is 2. The second-order valence-electron chi connectivity index (χ2n) is 10.1. The normalized spacial score (nSPS) is 30.3. The van der Waals surface area contributed by atoms with E-state index in [0.29, 0.717) is 6.04 Å². The quantitative estimate of drug-likeness (QED) is 0.669. The first kappa shape index (κ1) is 21.0. The summed E-state index contributed by atoms with van der Waals surface area (Å²) in [4.78, 5) is 22.7. The summed E-state index contributed by atoms with van der Waals surface area (Å²) in [6.07, 6.45) is 15.9. The smallest absolute Gasteiger partial charge is 0.350 e. The van der Waals surface area contributed by atoms with E-state index in [1.165, 1.54) is 76.3 Å². The van der Waals surface area contributed by atoms with Crippen molar-refractivity contribution in [3.63, 3.8) is 0 Å². The molecule has 1 N–H and O–H groups in total. The highest BCUT2D eigenvalue weighted by atomic mass is 16.2. The van der Waals surface area contributed by atoms with E-state index in [2.05, 4.69) is 44.4 Å². The van der Waals surface area contributed by atoms with Crippen LogP contribution in [0.4, 0.5) is 10.5 Å². The molecule has 5 aliphatic rings. The van der Waals surface area contributed by atoms with E-state index in [0.717, 1.165) is 43.9 Å². The average Bonchev–Trinajstić information content (AvgIpc) is 3.05. The Morgan fingerprint density at radius 2 is 1.65 bits per heavy atom. The summed E-state index contributed by atoms with van der Waals surface area (Å²) in [6.45, 7) is 3.30. The maximum absolute atomic E-state index is 13.3. The molecule has 0 atom stereocenters. The van der Waals surface area contributed by atoms with Crippen molar-refractivity contribution in [1.82, 2.24) is 10.2 Å². The Morgan fingerprint density at radius 1 is 0.903 bits per heavy atom. The van der Waals surface area contributed by atoms with Gasteiger partial charge in [-0.15, -0.1) is 0 Å². The molecular weight excluding hydrogens is 384 g/mol. The van der Waals surface area contributed by atoms with Gasteiger partial charge in [-0.05, 0) is 69.2 Å². The lowest BCUT2D eigenvalue weighted by molar-refractivity contribution is 0.185. The number of aliphatic imine (C=N–C) groups is 1. The molecule has 1 spiro atoms. The number of aryl methyl sites for hydroxylation is 1. The van der Waals surface area contributed by atoms with Gasteiger partial charge in [-0.25, -0.2) is 4.79 Å². The van der Waals surface area contributed by atoms with Gasteiger partial charge >= 0.3 is 6.03 Å². The van der Waals surface area contributed by atoms with Gasteiger partial charge in [0.1, 0.15) is 11.4 Å². The van der Waals surface area contributed by atoms with Crippen LogP contribution < -0.4 is 10.2 Å². The maximum atomic E-state index is 13.3. The number of urea groups is 1. The molecule has 1 aromatic carbocycles. The fourth-order valence-corrected chi connectivity index (χ4v) is 6.16. The molecule has 0 unspecified atom stereocenters. The van der Waals surface area contributed by atoms with Crippen molar-refractivity contribution in [3.8, 4) is 0 Å². The standard InChI is InChI=1S/C26H38N4O/c31-25-28-24(27-22-12-6-4-7-13-22)26-15-18-29(19-16-26)17-8-3-1-2-5-10-21-11-9-14-23(20-21)30(25)26/h9,11,14,20,22H,1-8,10,12-13,15-19H2,(H,27,28,31). The number of nitrogens with one attached hydrogen (secondary N) is 1. The summed E-state index contributed by atoms with van der Waals surface area (Å²) >= 11 is 0. The molecular formula is C26H38N4O. The van der Waals surface area contributed by atoms with Crippen molar-refractivity contribution < 1.29 is 4.79 Å². The second kappa shape index (κ2) is 9.32. The van der Waals surface area contributed by atoms with Gasteiger partial charge in [-0.1, -0.05) is 50.7 Å². The van der Waals surface area contributed by atoms with Crippen LogP contribution in [0.1, 0.15) is 82.6 Å². The summed E-state index contributed by atoms with van der Waals surface area (Å²) in [5.74, 6) is 0.957. The highest BCUT2D eigenvalue weighted by molar-refractivity contribution is 6.16. The average molecular weight is 423 g/mol. The van der Waals surface area contributed by atoms with Gasteiger partial charge < -0.3 is 10.2 Å². The first-order valence-electron chi connectivity index (χ1n) is 12.8. The maximum Gasteiger partial charge on any atom is 0.350 e. The van der Waals surface area contributed by atoms with Crippen molar-refractivity contribution in [2.75, 3.05) is 24.5 Å². The van der Waals surface area contributed by atoms with Gasteiger partial charge in [-0.3, -0.25) is 4.90 Å². The number of nitrogens with zero attached hydrogens (tertiary/aromatic N) is 3. The number of rotatable bonds is 1. The number of piperidine rings is 1. The molecule has 4 aliphatic heterocycles. The zero-order valence-electron chi connectivity index (χ0n) is 19.0. The van der Waals surface area contributed by atoms with Crippen molar-refractivity contribution in [3.05, 3.63) is 29.8 Å². The fourth-order valence-electron chi connectivity index (χ4n) is 6.16. The molecule has 1 aliphatic carbocycles. The number of benzene rings is 1. The Kier molecular flexibility index (Phi) is 6.31. The van der Waals surface area contributed by atoms with Crippen LogP contribution in [-0.2, 0) is 6.42 Å². The number of amidine groups is 1. The molecule has 31 heavy (non-hydrogen) atoms. The summed E-state index contributed by atoms with van der Waals surface area (Å²) < 4.78 is 0. The number of carbonyl (C=O) groups excluding carboxylic acids is 1. The molecule has 5 nitrogen and oxygen atoms in total. The predicted molar refractivity (Wildman–Crippen MR) is 127 cm³/mol. The third kappa shape index (κ3) is 4.39. The van der Waals surface area contributed by atoms with Gasteiger partial charge in [0.2, 0.25) is 0 Å². The molecule has 0 aromatic heterocycles. The molecule has 1 aromatic rings. The summed E-state index contributed by atoms with van der Waals surface area (Å²) in [6, 6.07) is 9.12. The van der Waals surface area contributed by atoms with Crippen LogP contribution in [0, 0.1) is 0 Å². The summed E-state index contributed by atoms with van der Waals surface area (Å²) in [7, 11) is 0. The van der Waals surface area contributed by atoms with Crippen LogP contribution in [0.3, 0.4) is 0 Å². The van der Waals surface area contributed by atoms with Crippen molar-refractivity contribution in [2.45, 2.75) is 95.1 Å². The molecule has 4 bridgehead atoms. The minimum Gasteiger partial charge on any atom is -0.369 e. The molecule has 5 heteroatoms. The zero-order chi connectivity index (χ0) is 21.1. The monoisotopic (exact) mass is 422 g/mol. The predicted octanol–water partition coefficient (Wildman–Crippen LogP) is 5.29. The zero-order valence-corrected chi connectivity index (χ0v) is 19.0. The van der Waals surface area contributed by atoms with Crippen LogP contribution in [0.25, 0.3) is 0 Å². The molecule has 0 radical (unpaired) electrons. The van der Waals surface area contributed by atoms with E-state index in [4.69, 9.17) is 0 Å². The molecule has 168 valence electrons. The van der Waals surface area contributed by atoms with Crippen molar-refractivity contribution >= 4 is 17.6 Å². The van der Waals surface area contributed by atoms with E-state index in [1.807, 2.05) is 0 Å². The van der Waals surface area contributed by atoms with E-state index < -0.39 is 0 Å². The molecule has 4 heterocycles. The molecule has 2 fully saturated rings. The number of hydrogen-bond acceptors (Lipinski definition) is 3. The second-order valence-corrected chi connectivity index (χ2v) is 10.1. The highest BCUT2D eigenvalue weighted by Crippen LogP contribution is 2.39. The van der Waals surface area contributed by atoms with Gasteiger partial charge in [0.25, 0.3) is 0 Å². The first-order valence-corrected chi connectivity index (χ1v) is 12.8. The Balaban J connectivity index is 1.47. The van der Waals surface area contributed by atoms with Crippen LogP contribution >= 0.6 is 0 Å². The Morgan fingerprint density at radius 3 is 2.48 bits per heavy atom. The van der Waals surface area contributed by atoms with Gasteiger partial charge in [0.15, 0.2) is 0 Å². The minimum atomic E-state index is -0.302. The number of fused-ring (bicyclic) bond motifs is 8. The third-order valence-corrected chi connectivity index (χ3v) is 8.01. The SMILES string of the molecule is O=C1N=C(NC2CCCCC2)C23CCN(CCCCCCCc4cccc(c4)N12)CC3. The fraction of sp³-hybridized carbons (Fsp3) is 0.692. The minimum absolute atomic E-state index is 0.0757. The highest BCUT2D eigenvalue weighted by Gasteiger charge is 2.52. The molecule has 2 amide bonds. The Hall–Kier alpha value is -1.88. The lowest BCUT2D eigenvalue weighted by atomic mass is 9.83. The van der Waals surface area contributed by atoms with Crippen molar-refractivity contribution in [1.29, 1.82) is 0 Å². The number of carbonyl (C=O) groups is 1. The van der Waals surface area contributed by atoms with E-state index in [1.54, 1.807) is 0 Å². The number of hydrogen-bond donors (Lipinski definition) is 1. The van der Waals surface area contributed by atoms with Gasteiger partial charge in [0.05, 0.1) is 0 Å². The molecule has 1 saturated heterocycles. The van der Waals surface area contributed by atoms with E-state index in [-0.39, 0.29) is 11.6 Å². The van der Waals surface area contributed by atoms with E-state index in [9.17, 15) is 4.79 Å². The lowest BCUT2D eigenvalue weighted by Crippen LogP contribution is -2.62. The first-order chi connectivity index (χ1) is 15.2. The Bertz CT molecular complexity index is 805. The summed E-state index contributed by atoms with van der Waals surface area (Å²) in [5, 5.41) is 3.79. The molecule has 1 saturated carbocycles. The van der Waals surface area contributed by atoms with Gasteiger partial charge in [-0.2, -0.15) is 4.99 Å². The summed E-state index contributed by atoms with van der Waals surface area (Å²) in [5.41, 5.74) is 2.08. The topological polar surface area (TPSA) is 47.9 Å². The molecule has 6 rings (SSSR count). The Labute approximate surface area is 187 Å². The lowest BCUT2D eigenvalue weighted by Gasteiger charge is -2.46. The third-order valence-electron chi connectivity index (χ3n) is 8.01. The largest absolute Gasteiger partial charge is 0.369 e. The van der Waals surface area contributed by atoms with Crippen LogP contribution in [-0.4, -0.2) is 48.0 Å². The number of anilines is 1. The van der Waals surface area contributed by atoms with Gasteiger partial charge in [0, 0.05) is 24.8 Å². The van der Waals surface area contributed by atoms with E-state index >= 15 is 0 Å². The van der Waals surface area contributed by atoms with Crippen molar-refractivity contribution in [2.24, 2.45) is 4.99 Å². The van der Waals surface area contributed by atoms with Crippen LogP contribution in [0.2, 0.25) is 0 Å².